The first kappa shape index (κ1) is 10.5. The molecule has 14 heavy (non-hydrogen) atoms. The standard InChI is InChI=1S/C12H12O.H2O/c1-9-3-4-11-8-12(13-2)6-5-10(11)7-9;/h3-8H,1-2H3;1H2. The molecule has 0 heterocycles. The van der Waals surface area contributed by atoms with Crippen molar-refractivity contribution in [1.82, 2.24) is 0 Å². The van der Waals surface area contributed by atoms with Crippen LogP contribution in [0.15, 0.2) is 36.4 Å². The van der Waals surface area contributed by atoms with Gasteiger partial charge in [0, 0.05) is 0 Å². The summed E-state index contributed by atoms with van der Waals surface area (Å²) >= 11 is 0. The van der Waals surface area contributed by atoms with Gasteiger partial charge in [-0.05, 0) is 29.8 Å². The zero-order valence-electron chi connectivity index (χ0n) is 8.37. The van der Waals surface area contributed by atoms with Gasteiger partial charge in [0.25, 0.3) is 0 Å². The Morgan fingerprint density at radius 3 is 2.29 bits per heavy atom. The second-order valence-corrected chi connectivity index (χ2v) is 3.22. The van der Waals surface area contributed by atoms with Crippen LogP contribution in [0, 0.1) is 6.92 Å². The summed E-state index contributed by atoms with van der Waals surface area (Å²) in [6.45, 7) is 2.10. The molecule has 0 fully saturated rings. The summed E-state index contributed by atoms with van der Waals surface area (Å²) in [5, 5.41) is 2.49. The predicted octanol–water partition coefficient (Wildman–Crippen LogP) is 2.33. The lowest BCUT2D eigenvalue weighted by atomic mass is 10.1. The molecule has 0 aliphatic rings. The second kappa shape index (κ2) is 4.11. The van der Waals surface area contributed by atoms with Gasteiger partial charge in [0.05, 0.1) is 7.11 Å². The summed E-state index contributed by atoms with van der Waals surface area (Å²) in [5.41, 5.74) is 1.29. The highest BCUT2D eigenvalue weighted by Crippen LogP contribution is 2.21. The van der Waals surface area contributed by atoms with E-state index in [-0.39, 0.29) is 5.48 Å². The molecule has 2 N–H and O–H groups in total. The Morgan fingerprint density at radius 2 is 1.57 bits per heavy atom. The molecule has 0 amide bonds. The number of benzene rings is 2. The van der Waals surface area contributed by atoms with Crippen molar-refractivity contribution in [3.8, 4) is 5.75 Å². The predicted molar refractivity (Wildman–Crippen MR) is 58.9 cm³/mol. The summed E-state index contributed by atoms with van der Waals surface area (Å²) < 4.78 is 5.15. The monoisotopic (exact) mass is 190 g/mol. The van der Waals surface area contributed by atoms with E-state index in [4.69, 9.17) is 4.74 Å². The van der Waals surface area contributed by atoms with Crippen molar-refractivity contribution in [2.24, 2.45) is 0 Å². The number of methoxy groups -OCH3 is 1. The molecule has 2 rings (SSSR count). The van der Waals surface area contributed by atoms with Crippen LogP contribution in [-0.2, 0) is 0 Å². The van der Waals surface area contributed by atoms with Gasteiger partial charge in [-0.3, -0.25) is 0 Å². The Kier molecular flexibility index (Phi) is 3.10. The van der Waals surface area contributed by atoms with Crippen LogP contribution in [-0.4, -0.2) is 12.6 Å². The van der Waals surface area contributed by atoms with Gasteiger partial charge in [-0.2, -0.15) is 0 Å². The van der Waals surface area contributed by atoms with Crippen LogP contribution in [0.1, 0.15) is 5.56 Å². The van der Waals surface area contributed by atoms with Crippen LogP contribution < -0.4 is 4.74 Å². The summed E-state index contributed by atoms with van der Waals surface area (Å²) in [4.78, 5) is 0. The van der Waals surface area contributed by atoms with Crippen molar-refractivity contribution in [3.63, 3.8) is 0 Å². The Bertz CT molecular complexity index is 435. The minimum atomic E-state index is 0. The first-order valence-electron chi connectivity index (χ1n) is 4.34. The van der Waals surface area contributed by atoms with E-state index in [1.165, 1.54) is 16.3 Å². The molecule has 0 aromatic heterocycles. The van der Waals surface area contributed by atoms with E-state index in [1.54, 1.807) is 7.11 Å². The summed E-state index contributed by atoms with van der Waals surface area (Å²) in [5.74, 6) is 0.913. The van der Waals surface area contributed by atoms with Crippen molar-refractivity contribution in [3.05, 3.63) is 42.0 Å². The van der Waals surface area contributed by atoms with Gasteiger partial charge in [-0.25, -0.2) is 0 Å². The maximum atomic E-state index is 5.15. The molecule has 0 aliphatic carbocycles. The molecule has 0 bridgehead atoms. The highest BCUT2D eigenvalue weighted by molar-refractivity contribution is 5.84. The number of ether oxygens (including phenoxy) is 1. The van der Waals surface area contributed by atoms with E-state index in [1.807, 2.05) is 6.07 Å². The van der Waals surface area contributed by atoms with E-state index in [0.717, 1.165) is 5.75 Å². The van der Waals surface area contributed by atoms with Gasteiger partial charge >= 0.3 is 0 Å². The van der Waals surface area contributed by atoms with E-state index < -0.39 is 0 Å². The molecule has 0 spiro atoms. The third-order valence-electron chi connectivity index (χ3n) is 2.20. The molecular formula is C12H14O2. The smallest absolute Gasteiger partial charge is 0.119 e. The zero-order valence-corrected chi connectivity index (χ0v) is 8.37. The minimum Gasteiger partial charge on any atom is -0.497 e. The topological polar surface area (TPSA) is 40.7 Å². The molecule has 2 aromatic carbocycles. The van der Waals surface area contributed by atoms with Crippen molar-refractivity contribution < 1.29 is 10.2 Å². The van der Waals surface area contributed by atoms with Gasteiger partial charge in [0.1, 0.15) is 5.75 Å². The first-order valence-corrected chi connectivity index (χ1v) is 4.34. The quantitative estimate of drug-likeness (QED) is 0.680. The third kappa shape index (κ3) is 1.86. The molecule has 0 aliphatic heterocycles. The third-order valence-corrected chi connectivity index (χ3v) is 2.20. The molecule has 74 valence electrons. The second-order valence-electron chi connectivity index (χ2n) is 3.22. The largest absolute Gasteiger partial charge is 0.497 e. The SMILES string of the molecule is COc1ccc2cc(C)ccc2c1.O. The van der Waals surface area contributed by atoms with Crippen molar-refractivity contribution >= 4 is 10.8 Å². The highest BCUT2D eigenvalue weighted by Gasteiger charge is 1.95. The normalized spacial score (nSPS) is 9.57. The molecule has 0 unspecified atom stereocenters. The first-order chi connectivity index (χ1) is 6.29. The number of hydrogen-bond donors (Lipinski definition) is 0. The number of rotatable bonds is 1. The summed E-state index contributed by atoms with van der Waals surface area (Å²) in [6.07, 6.45) is 0. The van der Waals surface area contributed by atoms with Crippen LogP contribution in [0.25, 0.3) is 10.8 Å². The lowest BCUT2D eigenvalue weighted by Gasteiger charge is -2.02. The molecule has 2 aromatic rings. The fourth-order valence-corrected chi connectivity index (χ4v) is 1.47. The van der Waals surface area contributed by atoms with Crippen molar-refractivity contribution in [2.75, 3.05) is 7.11 Å². The van der Waals surface area contributed by atoms with Crippen LogP contribution in [0.3, 0.4) is 0 Å². The molecule has 0 atom stereocenters. The molecule has 2 heteroatoms. The average molecular weight is 190 g/mol. The van der Waals surface area contributed by atoms with Crippen molar-refractivity contribution in [1.29, 1.82) is 0 Å². The lowest BCUT2D eigenvalue weighted by molar-refractivity contribution is 0.415. The summed E-state index contributed by atoms with van der Waals surface area (Å²) in [6, 6.07) is 12.5. The number of aryl methyl sites for hydroxylation is 1. The molecule has 2 nitrogen and oxygen atoms in total. The average Bonchev–Trinajstić information content (AvgIpc) is 2.17. The van der Waals surface area contributed by atoms with Crippen LogP contribution in [0.4, 0.5) is 0 Å². The van der Waals surface area contributed by atoms with Crippen molar-refractivity contribution in [2.45, 2.75) is 6.92 Å². The van der Waals surface area contributed by atoms with Gasteiger partial charge in [-0.1, -0.05) is 29.8 Å². The van der Waals surface area contributed by atoms with E-state index >= 15 is 0 Å². The fourth-order valence-electron chi connectivity index (χ4n) is 1.47. The number of hydrogen-bond acceptors (Lipinski definition) is 1. The zero-order chi connectivity index (χ0) is 9.26. The fraction of sp³-hybridized carbons (Fsp3) is 0.167. The maximum absolute atomic E-state index is 5.15. The molecule has 0 saturated heterocycles. The minimum absolute atomic E-state index is 0. The highest BCUT2D eigenvalue weighted by atomic mass is 16.5. The van der Waals surface area contributed by atoms with Gasteiger partial charge in [0.15, 0.2) is 0 Å². The van der Waals surface area contributed by atoms with E-state index in [0.29, 0.717) is 0 Å². The van der Waals surface area contributed by atoms with Crippen LogP contribution >= 0.6 is 0 Å². The van der Waals surface area contributed by atoms with E-state index in [2.05, 4.69) is 37.3 Å². The maximum Gasteiger partial charge on any atom is 0.119 e. The Balaban J connectivity index is 0.000000980. The Morgan fingerprint density at radius 1 is 0.929 bits per heavy atom. The lowest BCUT2D eigenvalue weighted by Crippen LogP contribution is -1.82. The molecular weight excluding hydrogens is 176 g/mol. The Labute approximate surface area is 83.4 Å². The molecule has 0 radical (unpaired) electrons. The van der Waals surface area contributed by atoms with Crippen LogP contribution in [0.2, 0.25) is 0 Å². The summed E-state index contributed by atoms with van der Waals surface area (Å²) in [7, 11) is 1.69. The number of fused-ring (bicyclic) bond motifs is 1. The van der Waals surface area contributed by atoms with Gasteiger partial charge < -0.3 is 10.2 Å². The van der Waals surface area contributed by atoms with Gasteiger partial charge in [-0.15, -0.1) is 0 Å². The molecule has 0 saturated carbocycles. The Hall–Kier alpha value is -1.54. The van der Waals surface area contributed by atoms with E-state index in [9.17, 15) is 0 Å². The van der Waals surface area contributed by atoms with Gasteiger partial charge in [0.2, 0.25) is 0 Å². The van der Waals surface area contributed by atoms with Crippen LogP contribution in [0.5, 0.6) is 5.75 Å².